The summed E-state index contributed by atoms with van der Waals surface area (Å²) in [6.07, 6.45) is 1.02. The fourth-order valence-electron chi connectivity index (χ4n) is 3.13. The van der Waals surface area contributed by atoms with Gasteiger partial charge in [0.15, 0.2) is 5.13 Å². The molecule has 0 saturated carbocycles. The van der Waals surface area contributed by atoms with Crippen LogP contribution in [-0.4, -0.2) is 16.6 Å². The summed E-state index contributed by atoms with van der Waals surface area (Å²) >= 11 is 2.91. The summed E-state index contributed by atoms with van der Waals surface area (Å²) in [6, 6.07) is 20.9. The van der Waals surface area contributed by atoms with Crippen molar-refractivity contribution in [1.29, 1.82) is 0 Å². The Morgan fingerprint density at radius 1 is 0.968 bits per heavy atom. The zero-order chi connectivity index (χ0) is 21.6. The molecule has 3 aromatic carbocycles. The van der Waals surface area contributed by atoms with Gasteiger partial charge in [-0.3, -0.25) is 9.69 Å². The maximum atomic E-state index is 14.1. The van der Waals surface area contributed by atoms with Gasteiger partial charge in [0.05, 0.1) is 11.2 Å². The third-order valence-corrected chi connectivity index (χ3v) is 6.83. The average Bonchev–Trinajstić information content (AvgIpc) is 3.22. The van der Waals surface area contributed by atoms with E-state index < -0.39 is 0 Å². The number of carbonyl (C=O) groups excluding carboxylic acids is 1. The molecule has 0 spiro atoms. The molecule has 1 heterocycles. The van der Waals surface area contributed by atoms with Gasteiger partial charge in [0.25, 0.3) is 0 Å². The maximum Gasteiger partial charge on any atom is 0.229 e. The number of anilines is 1. The highest BCUT2D eigenvalue weighted by Gasteiger charge is 2.21. The minimum atomic E-state index is -0.386. The number of halogens is 2. The van der Waals surface area contributed by atoms with Crippen LogP contribution in [0.3, 0.4) is 0 Å². The first kappa shape index (κ1) is 21.5. The van der Waals surface area contributed by atoms with E-state index in [9.17, 15) is 13.6 Å². The number of para-hydroxylation sites is 1. The lowest BCUT2D eigenvalue weighted by Crippen LogP contribution is -2.30. The van der Waals surface area contributed by atoms with E-state index in [1.807, 2.05) is 36.4 Å². The van der Waals surface area contributed by atoms with E-state index in [1.165, 1.54) is 29.5 Å². The van der Waals surface area contributed by atoms with Crippen LogP contribution in [0.25, 0.3) is 10.2 Å². The fourth-order valence-corrected chi connectivity index (χ4v) is 4.98. The van der Waals surface area contributed by atoms with Crippen molar-refractivity contribution < 1.29 is 13.6 Å². The van der Waals surface area contributed by atoms with Crippen LogP contribution in [-0.2, 0) is 11.3 Å². The quantitative estimate of drug-likeness (QED) is 0.220. The van der Waals surface area contributed by atoms with Crippen molar-refractivity contribution in [2.45, 2.75) is 24.3 Å². The zero-order valence-corrected chi connectivity index (χ0v) is 18.3. The molecule has 1 amide bonds. The van der Waals surface area contributed by atoms with Gasteiger partial charge in [-0.1, -0.05) is 47.7 Å². The number of hydrogen-bond acceptors (Lipinski definition) is 4. The number of benzene rings is 3. The second-order valence-corrected chi connectivity index (χ2v) is 9.13. The molecule has 0 aliphatic heterocycles. The number of rotatable bonds is 8. The molecule has 0 aliphatic rings. The van der Waals surface area contributed by atoms with Crippen LogP contribution in [0, 0.1) is 11.6 Å². The average molecular weight is 455 g/mol. The van der Waals surface area contributed by atoms with Crippen molar-refractivity contribution in [1.82, 2.24) is 4.98 Å². The van der Waals surface area contributed by atoms with Crippen LogP contribution >= 0.6 is 23.1 Å². The molecule has 0 radical (unpaired) electrons. The number of carbonyl (C=O) groups is 1. The maximum absolute atomic E-state index is 14.1. The molecule has 4 rings (SSSR count). The highest BCUT2D eigenvalue weighted by atomic mass is 32.2. The van der Waals surface area contributed by atoms with Crippen molar-refractivity contribution >= 4 is 44.4 Å². The molecular formula is C24H20F2N2OS2. The standard InChI is InChI=1S/C24H20F2N2OS2/c25-18-11-13-19(14-12-18)30-15-5-10-22(29)28(16-17-6-2-1-3-7-17)24-27-23-20(26)8-4-9-21(23)31-24/h1-4,6-9,11-14H,5,10,15-16H2. The van der Waals surface area contributed by atoms with Crippen LogP contribution in [0.4, 0.5) is 13.9 Å². The van der Waals surface area contributed by atoms with Gasteiger partial charge < -0.3 is 0 Å². The van der Waals surface area contributed by atoms with Crippen molar-refractivity contribution in [2.75, 3.05) is 10.7 Å². The fraction of sp³-hybridized carbons (Fsp3) is 0.167. The van der Waals surface area contributed by atoms with Gasteiger partial charge in [0, 0.05) is 11.3 Å². The van der Waals surface area contributed by atoms with E-state index in [2.05, 4.69) is 4.98 Å². The van der Waals surface area contributed by atoms with E-state index >= 15 is 0 Å². The lowest BCUT2D eigenvalue weighted by atomic mass is 10.2. The predicted octanol–water partition coefficient (Wildman–Crippen LogP) is 6.68. The van der Waals surface area contributed by atoms with Gasteiger partial charge in [0.2, 0.25) is 5.91 Å². The van der Waals surface area contributed by atoms with Crippen molar-refractivity contribution in [3.05, 3.63) is 90.0 Å². The van der Waals surface area contributed by atoms with Crippen LogP contribution in [0.1, 0.15) is 18.4 Å². The minimum absolute atomic E-state index is 0.0528. The molecule has 7 heteroatoms. The van der Waals surface area contributed by atoms with Crippen LogP contribution < -0.4 is 4.90 Å². The summed E-state index contributed by atoms with van der Waals surface area (Å²) in [5.41, 5.74) is 1.27. The molecule has 0 aliphatic carbocycles. The molecule has 158 valence electrons. The van der Waals surface area contributed by atoms with E-state index in [0.29, 0.717) is 34.7 Å². The molecule has 0 bridgehead atoms. The molecule has 3 nitrogen and oxygen atoms in total. The number of aromatic nitrogens is 1. The molecular weight excluding hydrogens is 434 g/mol. The Hall–Kier alpha value is -2.77. The Bertz CT molecular complexity index is 1160. The van der Waals surface area contributed by atoms with E-state index in [4.69, 9.17) is 0 Å². The summed E-state index contributed by atoms with van der Waals surface area (Å²) in [5, 5.41) is 0.500. The van der Waals surface area contributed by atoms with Crippen LogP contribution in [0.15, 0.2) is 77.7 Å². The van der Waals surface area contributed by atoms with Crippen molar-refractivity contribution in [3.8, 4) is 0 Å². The smallest absolute Gasteiger partial charge is 0.229 e. The van der Waals surface area contributed by atoms with E-state index in [-0.39, 0.29) is 17.5 Å². The molecule has 0 atom stereocenters. The summed E-state index contributed by atoms with van der Waals surface area (Å²) in [5.74, 6) is 0.0413. The van der Waals surface area contributed by atoms with Gasteiger partial charge in [-0.2, -0.15) is 0 Å². The number of hydrogen-bond donors (Lipinski definition) is 0. The summed E-state index contributed by atoms with van der Waals surface area (Å²) in [4.78, 5) is 20.1. The topological polar surface area (TPSA) is 33.2 Å². The first-order chi connectivity index (χ1) is 15.1. The summed E-state index contributed by atoms with van der Waals surface area (Å²) in [7, 11) is 0. The van der Waals surface area contributed by atoms with Crippen molar-refractivity contribution in [3.63, 3.8) is 0 Å². The number of thiazole rings is 1. The molecule has 1 aromatic heterocycles. The molecule has 4 aromatic rings. The van der Waals surface area contributed by atoms with Gasteiger partial charge in [-0.25, -0.2) is 13.8 Å². The Labute approximate surface area is 187 Å². The number of thioether (sulfide) groups is 1. The van der Waals surface area contributed by atoms with E-state index in [0.717, 1.165) is 16.2 Å². The SMILES string of the molecule is O=C(CCCSc1ccc(F)cc1)N(Cc1ccccc1)c1nc2c(F)cccc2s1. The highest BCUT2D eigenvalue weighted by Crippen LogP contribution is 2.32. The normalized spacial score (nSPS) is 11.0. The lowest BCUT2D eigenvalue weighted by molar-refractivity contribution is -0.118. The number of amides is 1. The lowest BCUT2D eigenvalue weighted by Gasteiger charge is -2.20. The predicted molar refractivity (Wildman–Crippen MR) is 124 cm³/mol. The van der Waals surface area contributed by atoms with Gasteiger partial charge in [0.1, 0.15) is 17.2 Å². The molecule has 0 saturated heterocycles. The second-order valence-electron chi connectivity index (χ2n) is 6.95. The molecule has 31 heavy (non-hydrogen) atoms. The zero-order valence-electron chi connectivity index (χ0n) is 16.6. The Morgan fingerprint density at radius 2 is 1.74 bits per heavy atom. The van der Waals surface area contributed by atoms with Crippen LogP contribution in [0.5, 0.6) is 0 Å². The largest absolute Gasteiger partial charge is 0.284 e. The Balaban J connectivity index is 1.47. The van der Waals surface area contributed by atoms with Crippen molar-refractivity contribution in [2.24, 2.45) is 0 Å². The van der Waals surface area contributed by atoms with Crippen LogP contribution in [0.2, 0.25) is 0 Å². The Morgan fingerprint density at radius 3 is 2.48 bits per heavy atom. The summed E-state index contributed by atoms with van der Waals surface area (Å²) in [6.45, 7) is 0.381. The second kappa shape index (κ2) is 10.0. The third-order valence-electron chi connectivity index (χ3n) is 4.69. The highest BCUT2D eigenvalue weighted by molar-refractivity contribution is 7.99. The van der Waals surface area contributed by atoms with Gasteiger partial charge in [-0.15, -0.1) is 11.8 Å². The summed E-state index contributed by atoms with van der Waals surface area (Å²) < 4.78 is 27.9. The molecule has 0 unspecified atom stereocenters. The third kappa shape index (κ3) is 5.48. The molecule has 0 fully saturated rings. The van der Waals surface area contributed by atoms with Gasteiger partial charge >= 0.3 is 0 Å². The first-order valence-electron chi connectivity index (χ1n) is 9.88. The number of nitrogens with zero attached hydrogens (tertiary/aromatic N) is 2. The van der Waals surface area contributed by atoms with Gasteiger partial charge in [-0.05, 0) is 54.1 Å². The first-order valence-corrected chi connectivity index (χ1v) is 11.7. The monoisotopic (exact) mass is 454 g/mol. The van der Waals surface area contributed by atoms with E-state index in [1.54, 1.807) is 34.9 Å². The number of fused-ring (bicyclic) bond motifs is 1. The Kier molecular flexibility index (Phi) is 6.94. The molecule has 0 N–H and O–H groups in total. The minimum Gasteiger partial charge on any atom is -0.284 e.